The van der Waals surface area contributed by atoms with Gasteiger partial charge in [-0.1, -0.05) is 49.4 Å². The summed E-state index contributed by atoms with van der Waals surface area (Å²) in [7, 11) is 3.96. The lowest BCUT2D eigenvalue weighted by Gasteiger charge is -2.25. The summed E-state index contributed by atoms with van der Waals surface area (Å²) in [5.41, 5.74) is 3.20. The minimum absolute atomic E-state index is 0.0164. The topological polar surface area (TPSA) is 70.4 Å². The summed E-state index contributed by atoms with van der Waals surface area (Å²) in [6.45, 7) is 2.54. The highest BCUT2D eigenvalue weighted by Crippen LogP contribution is 2.20. The number of carbonyl (C=O) groups is 1. The summed E-state index contributed by atoms with van der Waals surface area (Å²) < 4.78 is 1.50. The molecule has 0 fully saturated rings. The highest BCUT2D eigenvalue weighted by molar-refractivity contribution is 5.94. The normalized spacial score (nSPS) is 12.1. The van der Waals surface area contributed by atoms with Crippen LogP contribution in [0.25, 0.3) is 5.69 Å². The number of hydrogen-bond donors (Lipinski definition) is 2. The predicted octanol–water partition coefficient (Wildman–Crippen LogP) is 3.17. The lowest BCUT2D eigenvalue weighted by molar-refractivity contribution is 0.0934. The van der Waals surface area contributed by atoms with Crippen LogP contribution in [0.15, 0.2) is 60.8 Å². The maximum Gasteiger partial charge on any atom is 0.275 e. The van der Waals surface area contributed by atoms with Gasteiger partial charge in [-0.25, -0.2) is 4.68 Å². The van der Waals surface area contributed by atoms with Gasteiger partial charge in [0, 0.05) is 6.54 Å². The molecule has 0 spiro atoms. The number of nitrogens with zero attached hydrogens (tertiary/aromatic N) is 3. The Bertz CT molecular complexity index is 917. The first kappa shape index (κ1) is 19.6. The third kappa shape index (κ3) is 4.40. The molecule has 6 nitrogen and oxygen atoms in total. The number of likely N-dealkylation sites (N-methyl/N-ethyl adjacent to an activating group) is 1. The average Bonchev–Trinajstić information content (AvgIpc) is 3.10. The molecule has 3 rings (SSSR count). The number of rotatable bonds is 7. The van der Waals surface area contributed by atoms with Crippen molar-refractivity contribution < 1.29 is 9.90 Å². The number of hydrogen-bond acceptors (Lipinski definition) is 4. The number of aromatic hydroxyl groups is 1. The van der Waals surface area contributed by atoms with Crippen LogP contribution in [0.3, 0.4) is 0 Å². The van der Waals surface area contributed by atoms with Crippen LogP contribution in [0.5, 0.6) is 5.75 Å². The molecule has 146 valence electrons. The zero-order valence-electron chi connectivity index (χ0n) is 16.5. The molecule has 0 bridgehead atoms. The molecule has 0 saturated heterocycles. The molecule has 2 N–H and O–H groups in total. The quantitative estimate of drug-likeness (QED) is 0.662. The van der Waals surface area contributed by atoms with Crippen LogP contribution in [-0.4, -0.2) is 46.3 Å². The molecular formula is C22H26N4O2. The summed E-state index contributed by atoms with van der Waals surface area (Å²) in [4.78, 5) is 14.7. The van der Waals surface area contributed by atoms with E-state index in [1.807, 2.05) is 44.4 Å². The summed E-state index contributed by atoms with van der Waals surface area (Å²) in [6, 6.07) is 17.8. The third-order valence-electron chi connectivity index (χ3n) is 4.78. The molecule has 28 heavy (non-hydrogen) atoms. The van der Waals surface area contributed by atoms with Crippen molar-refractivity contribution in [2.24, 2.45) is 0 Å². The number of benzene rings is 2. The summed E-state index contributed by atoms with van der Waals surface area (Å²) in [5, 5.41) is 17.3. The lowest BCUT2D eigenvalue weighted by Crippen LogP contribution is -2.34. The lowest BCUT2D eigenvalue weighted by atomic mass is 10.0. The number of para-hydroxylation sites is 1. The van der Waals surface area contributed by atoms with Gasteiger partial charge in [-0.3, -0.25) is 4.79 Å². The molecule has 0 aliphatic carbocycles. The standard InChI is InChI=1S/C22H26N4O2/c1-4-16-10-12-17(13-11-16)19(25(2)3)14-23-22(28)21-20(27)15-26(24-21)18-8-6-5-7-9-18/h5-13,15,19,27H,4,14H2,1-3H3,(H,23,28). The van der Waals surface area contributed by atoms with Crippen molar-refractivity contribution in [3.8, 4) is 11.4 Å². The number of nitrogens with one attached hydrogen (secondary N) is 1. The van der Waals surface area contributed by atoms with Crippen molar-refractivity contribution >= 4 is 5.91 Å². The Labute approximate surface area is 165 Å². The van der Waals surface area contributed by atoms with E-state index in [-0.39, 0.29) is 17.5 Å². The molecule has 0 saturated carbocycles. The summed E-state index contributed by atoms with van der Waals surface area (Å²) in [6.07, 6.45) is 2.43. The minimum atomic E-state index is -0.399. The number of aryl methyl sites for hydroxylation is 1. The van der Waals surface area contributed by atoms with Gasteiger partial charge in [-0.15, -0.1) is 0 Å². The zero-order valence-corrected chi connectivity index (χ0v) is 16.5. The van der Waals surface area contributed by atoms with Crippen molar-refractivity contribution in [3.05, 3.63) is 77.6 Å². The largest absolute Gasteiger partial charge is 0.504 e. The Hall–Kier alpha value is -3.12. The molecule has 0 radical (unpaired) electrons. The molecule has 6 heteroatoms. The predicted molar refractivity (Wildman–Crippen MR) is 110 cm³/mol. The number of carbonyl (C=O) groups excluding carboxylic acids is 1. The van der Waals surface area contributed by atoms with E-state index in [0.717, 1.165) is 17.7 Å². The van der Waals surface area contributed by atoms with Crippen LogP contribution in [0.2, 0.25) is 0 Å². The second kappa shape index (κ2) is 8.71. The molecular weight excluding hydrogens is 352 g/mol. The maximum absolute atomic E-state index is 12.6. The average molecular weight is 378 g/mol. The van der Waals surface area contributed by atoms with E-state index in [0.29, 0.717) is 6.54 Å². The van der Waals surface area contributed by atoms with Crippen molar-refractivity contribution in [3.63, 3.8) is 0 Å². The molecule has 1 heterocycles. The fourth-order valence-electron chi connectivity index (χ4n) is 3.09. The Balaban J connectivity index is 1.72. The molecule has 3 aromatic rings. The second-order valence-corrected chi connectivity index (χ2v) is 6.93. The number of aromatic nitrogens is 2. The van der Waals surface area contributed by atoms with Gasteiger partial charge in [0.15, 0.2) is 11.4 Å². The fourth-order valence-corrected chi connectivity index (χ4v) is 3.09. The molecule has 0 aliphatic rings. The highest BCUT2D eigenvalue weighted by Gasteiger charge is 2.20. The Kier molecular flexibility index (Phi) is 6.11. The highest BCUT2D eigenvalue weighted by atomic mass is 16.3. The van der Waals surface area contributed by atoms with E-state index in [4.69, 9.17) is 0 Å². The molecule has 0 aliphatic heterocycles. The van der Waals surface area contributed by atoms with E-state index in [1.165, 1.54) is 16.4 Å². The molecule has 2 aromatic carbocycles. The van der Waals surface area contributed by atoms with Gasteiger partial charge in [0.25, 0.3) is 5.91 Å². The van der Waals surface area contributed by atoms with Crippen molar-refractivity contribution in [1.82, 2.24) is 20.0 Å². The van der Waals surface area contributed by atoms with Gasteiger partial charge < -0.3 is 15.3 Å². The van der Waals surface area contributed by atoms with Gasteiger partial charge in [0.05, 0.1) is 17.9 Å². The Morgan fingerprint density at radius 3 is 2.43 bits per heavy atom. The van der Waals surface area contributed by atoms with Gasteiger partial charge in [-0.05, 0) is 43.8 Å². The summed E-state index contributed by atoms with van der Waals surface area (Å²) in [5.74, 6) is -0.542. The van der Waals surface area contributed by atoms with Crippen molar-refractivity contribution in [2.75, 3.05) is 20.6 Å². The smallest absolute Gasteiger partial charge is 0.275 e. The van der Waals surface area contributed by atoms with Gasteiger partial charge in [0.1, 0.15) is 0 Å². The van der Waals surface area contributed by atoms with E-state index < -0.39 is 5.91 Å². The molecule has 1 atom stereocenters. The Morgan fingerprint density at radius 1 is 1.14 bits per heavy atom. The SMILES string of the molecule is CCc1ccc(C(CNC(=O)c2nn(-c3ccccc3)cc2O)N(C)C)cc1. The molecule has 1 aromatic heterocycles. The van der Waals surface area contributed by atoms with Crippen molar-refractivity contribution in [1.29, 1.82) is 0 Å². The number of amides is 1. The first-order chi connectivity index (χ1) is 13.5. The van der Waals surface area contributed by atoms with Crippen LogP contribution in [0.4, 0.5) is 0 Å². The van der Waals surface area contributed by atoms with Crippen LogP contribution in [-0.2, 0) is 6.42 Å². The van der Waals surface area contributed by atoms with Gasteiger partial charge >= 0.3 is 0 Å². The maximum atomic E-state index is 12.6. The van der Waals surface area contributed by atoms with E-state index in [2.05, 4.69) is 46.5 Å². The first-order valence-electron chi connectivity index (χ1n) is 9.37. The van der Waals surface area contributed by atoms with E-state index in [1.54, 1.807) is 0 Å². The van der Waals surface area contributed by atoms with E-state index in [9.17, 15) is 9.90 Å². The third-order valence-corrected chi connectivity index (χ3v) is 4.78. The van der Waals surface area contributed by atoms with Gasteiger partial charge in [0.2, 0.25) is 0 Å². The zero-order chi connectivity index (χ0) is 20.1. The van der Waals surface area contributed by atoms with Crippen LogP contribution in [0.1, 0.15) is 34.6 Å². The minimum Gasteiger partial charge on any atom is -0.504 e. The molecule has 1 amide bonds. The van der Waals surface area contributed by atoms with Crippen molar-refractivity contribution in [2.45, 2.75) is 19.4 Å². The van der Waals surface area contributed by atoms with Crippen LogP contribution < -0.4 is 5.32 Å². The van der Waals surface area contributed by atoms with Crippen LogP contribution >= 0.6 is 0 Å². The Morgan fingerprint density at radius 2 is 1.82 bits per heavy atom. The van der Waals surface area contributed by atoms with E-state index >= 15 is 0 Å². The first-order valence-corrected chi connectivity index (χ1v) is 9.37. The van der Waals surface area contributed by atoms with Gasteiger partial charge in [-0.2, -0.15) is 5.10 Å². The van der Waals surface area contributed by atoms with Crippen LogP contribution in [0, 0.1) is 0 Å². The fraction of sp³-hybridized carbons (Fsp3) is 0.273. The monoisotopic (exact) mass is 378 g/mol. The summed E-state index contributed by atoms with van der Waals surface area (Å²) >= 11 is 0. The second-order valence-electron chi connectivity index (χ2n) is 6.93. The molecule has 1 unspecified atom stereocenters.